The molecule has 3 rings (SSSR count). The fourth-order valence-corrected chi connectivity index (χ4v) is 3.86. The molecule has 1 aromatic carbocycles. The molecule has 4 atom stereocenters. The van der Waals surface area contributed by atoms with E-state index in [2.05, 4.69) is 10.6 Å². The van der Waals surface area contributed by atoms with E-state index in [1.54, 1.807) is 24.3 Å². The van der Waals surface area contributed by atoms with Crippen LogP contribution in [0.2, 0.25) is 0 Å². The van der Waals surface area contributed by atoms with E-state index in [1.807, 2.05) is 26.0 Å². The number of benzene rings is 1. The van der Waals surface area contributed by atoms with Crippen molar-refractivity contribution in [1.29, 1.82) is 0 Å². The quantitative estimate of drug-likeness (QED) is 0.716. The smallest absolute Gasteiger partial charge is 0.307 e. The highest BCUT2D eigenvalue weighted by Gasteiger charge is 2.51. The Morgan fingerprint density at radius 2 is 1.72 bits per heavy atom. The molecule has 0 aliphatic heterocycles. The summed E-state index contributed by atoms with van der Waals surface area (Å²) in [5, 5.41) is 15.1. The first-order valence-corrected chi connectivity index (χ1v) is 8.50. The fraction of sp³-hybridized carbons (Fsp3) is 0.421. The zero-order chi connectivity index (χ0) is 18.1. The van der Waals surface area contributed by atoms with Gasteiger partial charge in [-0.2, -0.15) is 0 Å². The Morgan fingerprint density at radius 3 is 2.36 bits per heavy atom. The summed E-state index contributed by atoms with van der Waals surface area (Å²) in [4.78, 5) is 36.7. The van der Waals surface area contributed by atoms with E-state index in [0.717, 1.165) is 0 Å². The molecular weight excluding hydrogens is 320 g/mol. The van der Waals surface area contributed by atoms with E-state index in [4.69, 9.17) is 0 Å². The first kappa shape index (κ1) is 17.2. The van der Waals surface area contributed by atoms with Crippen LogP contribution in [0, 0.1) is 23.7 Å². The number of hydrogen-bond donors (Lipinski definition) is 3. The lowest BCUT2D eigenvalue weighted by Gasteiger charge is -2.24. The lowest BCUT2D eigenvalue weighted by molar-refractivity contribution is -0.146. The maximum absolute atomic E-state index is 12.8. The van der Waals surface area contributed by atoms with Gasteiger partial charge >= 0.3 is 5.97 Å². The molecule has 2 amide bonds. The molecular formula is C19H22N2O4. The Hall–Kier alpha value is -2.63. The number of carboxylic acid groups (broad SMARTS) is 1. The van der Waals surface area contributed by atoms with Crippen LogP contribution >= 0.6 is 0 Å². The van der Waals surface area contributed by atoms with Crippen LogP contribution in [0.5, 0.6) is 0 Å². The molecule has 0 spiro atoms. The summed E-state index contributed by atoms with van der Waals surface area (Å²) < 4.78 is 0. The molecule has 0 radical (unpaired) electrons. The Labute approximate surface area is 146 Å². The number of carbonyl (C=O) groups excluding carboxylic acids is 2. The molecule has 2 aliphatic rings. The molecule has 3 N–H and O–H groups in total. The highest BCUT2D eigenvalue weighted by molar-refractivity contribution is 6.05. The van der Waals surface area contributed by atoms with Crippen LogP contribution in [0.3, 0.4) is 0 Å². The molecule has 1 saturated carbocycles. The summed E-state index contributed by atoms with van der Waals surface area (Å²) in [7, 11) is 0. The van der Waals surface area contributed by atoms with Gasteiger partial charge in [0.15, 0.2) is 0 Å². The number of para-hydroxylation sites is 1. The average molecular weight is 342 g/mol. The molecule has 1 fully saturated rings. The SMILES string of the molecule is CC(C)NC(=O)c1ccccc1NC(=O)C1C2C=CC(C2)C1C(=O)O. The van der Waals surface area contributed by atoms with Crippen molar-refractivity contribution in [2.45, 2.75) is 26.3 Å². The predicted molar refractivity (Wildman–Crippen MR) is 93.0 cm³/mol. The summed E-state index contributed by atoms with van der Waals surface area (Å²) in [6.45, 7) is 3.72. The molecule has 2 bridgehead atoms. The van der Waals surface area contributed by atoms with Crippen LogP contribution in [-0.2, 0) is 9.59 Å². The normalized spacial score (nSPS) is 26.7. The van der Waals surface area contributed by atoms with Crippen LogP contribution in [0.1, 0.15) is 30.6 Å². The van der Waals surface area contributed by atoms with Crippen LogP contribution in [0.15, 0.2) is 36.4 Å². The summed E-state index contributed by atoms with van der Waals surface area (Å²) in [5.74, 6) is -2.99. The highest BCUT2D eigenvalue weighted by Crippen LogP contribution is 2.48. The third-order valence-corrected chi connectivity index (χ3v) is 4.90. The second-order valence-electron chi connectivity index (χ2n) is 7.00. The summed E-state index contributed by atoms with van der Waals surface area (Å²) in [6, 6.07) is 6.74. The molecule has 6 nitrogen and oxygen atoms in total. The van der Waals surface area contributed by atoms with Gasteiger partial charge in [-0.25, -0.2) is 0 Å². The highest BCUT2D eigenvalue weighted by atomic mass is 16.4. The standard InChI is InChI=1S/C19H22N2O4/c1-10(2)20-17(22)13-5-3-4-6-14(13)21-18(23)15-11-7-8-12(9-11)16(15)19(24)25/h3-8,10-12,15-16H,9H2,1-2H3,(H,20,22)(H,21,23)(H,24,25). The predicted octanol–water partition coefficient (Wildman–Crippen LogP) is 2.29. The van der Waals surface area contributed by atoms with Gasteiger partial charge in [0.2, 0.25) is 5.91 Å². The maximum atomic E-state index is 12.8. The summed E-state index contributed by atoms with van der Waals surface area (Å²) in [5.41, 5.74) is 0.775. The third-order valence-electron chi connectivity index (χ3n) is 4.90. The zero-order valence-corrected chi connectivity index (χ0v) is 14.2. The molecule has 25 heavy (non-hydrogen) atoms. The van der Waals surface area contributed by atoms with E-state index in [1.165, 1.54) is 0 Å². The van der Waals surface area contributed by atoms with Crippen molar-refractivity contribution >= 4 is 23.5 Å². The number of rotatable bonds is 5. The van der Waals surface area contributed by atoms with E-state index < -0.39 is 17.8 Å². The van der Waals surface area contributed by atoms with Crippen molar-refractivity contribution < 1.29 is 19.5 Å². The average Bonchev–Trinajstić information content (AvgIpc) is 3.15. The van der Waals surface area contributed by atoms with Crippen molar-refractivity contribution in [1.82, 2.24) is 5.32 Å². The van der Waals surface area contributed by atoms with E-state index in [9.17, 15) is 19.5 Å². The molecule has 6 heteroatoms. The summed E-state index contributed by atoms with van der Waals surface area (Å²) in [6.07, 6.45) is 4.54. The molecule has 0 heterocycles. The Bertz CT molecular complexity index is 741. The van der Waals surface area contributed by atoms with Gasteiger partial charge < -0.3 is 15.7 Å². The van der Waals surface area contributed by atoms with Crippen LogP contribution in [0.25, 0.3) is 0 Å². The Balaban J connectivity index is 1.81. The van der Waals surface area contributed by atoms with Crippen LogP contribution in [-0.4, -0.2) is 28.9 Å². The minimum absolute atomic E-state index is 0.0247. The van der Waals surface area contributed by atoms with Gasteiger partial charge in [0, 0.05) is 6.04 Å². The van der Waals surface area contributed by atoms with Gasteiger partial charge in [0.25, 0.3) is 5.91 Å². The number of fused-ring (bicyclic) bond motifs is 2. The van der Waals surface area contributed by atoms with E-state index >= 15 is 0 Å². The minimum atomic E-state index is -0.942. The van der Waals surface area contributed by atoms with Gasteiger partial charge in [-0.1, -0.05) is 24.3 Å². The van der Waals surface area contributed by atoms with Gasteiger partial charge in [-0.15, -0.1) is 0 Å². The Kier molecular flexibility index (Phi) is 4.61. The number of amides is 2. The molecule has 0 aromatic heterocycles. The molecule has 2 aliphatic carbocycles. The fourth-order valence-electron chi connectivity index (χ4n) is 3.86. The maximum Gasteiger partial charge on any atom is 0.307 e. The number of hydrogen-bond acceptors (Lipinski definition) is 3. The minimum Gasteiger partial charge on any atom is -0.481 e. The van der Waals surface area contributed by atoms with E-state index in [-0.39, 0.29) is 29.7 Å². The number of carbonyl (C=O) groups is 3. The Morgan fingerprint density at radius 1 is 1.08 bits per heavy atom. The van der Waals surface area contributed by atoms with Crippen molar-refractivity contribution in [3.8, 4) is 0 Å². The van der Waals surface area contributed by atoms with Crippen molar-refractivity contribution in [3.05, 3.63) is 42.0 Å². The molecule has 4 unspecified atom stereocenters. The van der Waals surface area contributed by atoms with Gasteiger partial charge in [-0.3, -0.25) is 14.4 Å². The number of anilines is 1. The van der Waals surface area contributed by atoms with Gasteiger partial charge in [-0.05, 0) is 44.2 Å². The topological polar surface area (TPSA) is 95.5 Å². The number of carboxylic acids is 1. The third kappa shape index (κ3) is 3.29. The summed E-state index contributed by atoms with van der Waals surface area (Å²) >= 11 is 0. The lowest BCUT2D eigenvalue weighted by atomic mass is 9.82. The van der Waals surface area contributed by atoms with Crippen molar-refractivity contribution in [3.63, 3.8) is 0 Å². The molecule has 0 saturated heterocycles. The zero-order valence-electron chi connectivity index (χ0n) is 14.2. The second-order valence-corrected chi connectivity index (χ2v) is 7.00. The lowest BCUT2D eigenvalue weighted by Crippen LogP contribution is -2.37. The largest absolute Gasteiger partial charge is 0.481 e. The second kappa shape index (κ2) is 6.70. The first-order chi connectivity index (χ1) is 11.9. The van der Waals surface area contributed by atoms with Gasteiger partial charge in [0.1, 0.15) is 0 Å². The molecule has 132 valence electrons. The first-order valence-electron chi connectivity index (χ1n) is 8.50. The monoisotopic (exact) mass is 342 g/mol. The molecule has 1 aromatic rings. The van der Waals surface area contributed by atoms with Crippen molar-refractivity contribution in [2.24, 2.45) is 23.7 Å². The van der Waals surface area contributed by atoms with Crippen LogP contribution in [0.4, 0.5) is 5.69 Å². The van der Waals surface area contributed by atoms with E-state index in [0.29, 0.717) is 17.7 Å². The number of nitrogens with one attached hydrogen (secondary N) is 2. The number of allylic oxidation sites excluding steroid dienone is 2. The van der Waals surface area contributed by atoms with Gasteiger partial charge in [0.05, 0.1) is 23.1 Å². The van der Waals surface area contributed by atoms with Crippen molar-refractivity contribution in [2.75, 3.05) is 5.32 Å². The van der Waals surface area contributed by atoms with Crippen LogP contribution < -0.4 is 10.6 Å². The number of aliphatic carboxylic acids is 1.